The molecule has 12 rings (SSSR count). The van der Waals surface area contributed by atoms with E-state index in [0.717, 1.165) is 24.9 Å². The molecule has 3 saturated heterocycles. The second-order valence-corrected chi connectivity index (χ2v) is 25.1. The predicted molar refractivity (Wildman–Crippen MR) is 326 cm³/mol. The number of pyridine rings is 1. The number of aromatic hydroxyl groups is 1. The van der Waals surface area contributed by atoms with Gasteiger partial charge in [0.1, 0.15) is 86.6 Å². The number of hydrogen-bond donors (Lipinski definition) is 4. The Bertz CT molecular complexity index is 4260. The molecule has 0 bridgehead atoms. The number of ether oxygens (including phenoxy) is 5. The highest BCUT2D eigenvalue weighted by molar-refractivity contribution is 7.89. The van der Waals surface area contributed by atoms with Crippen molar-refractivity contribution in [3.8, 4) is 52.6 Å². The number of sulfonamides is 1. The first kappa shape index (κ1) is 60.5. The maximum absolute atomic E-state index is 17.2. The molecule has 25 heteroatoms. The third-order valence-corrected chi connectivity index (χ3v) is 19.4. The number of carbonyl (C=O) groups excluding carboxylic acids is 1. The number of aromatic nitrogens is 6. The Kier molecular flexibility index (Phi) is 16.7. The van der Waals surface area contributed by atoms with E-state index in [-0.39, 0.29) is 126 Å². The molecule has 4 aliphatic heterocycles. The van der Waals surface area contributed by atoms with Crippen molar-refractivity contribution < 1.29 is 60.7 Å². The number of carboxylic acid groups (broad SMARTS) is 1. The molecule has 0 aliphatic carbocycles. The summed E-state index contributed by atoms with van der Waals surface area (Å²) in [5.41, 5.74) is 2.50. The van der Waals surface area contributed by atoms with Gasteiger partial charge in [0.25, 0.3) is 0 Å². The van der Waals surface area contributed by atoms with Crippen LogP contribution in [0.3, 0.4) is 0 Å². The number of anilines is 1. The van der Waals surface area contributed by atoms with Gasteiger partial charge in [0.2, 0.25) is 15.9 Å². The fourth-order valence-electron chi connectivity index (χ4n) is 12.7. The van der Waals surface area contributed by atoms with Crippen molar-refractivity contribution in [3.63, 3.8) is 0 Å². The molecule has 7 heterocycles. The fourth-order valence-corrected chi connectivity index (χ4v) is 14.3. The van der Waals surface area contributed by atoms with Crippen LogP contribution in [0.4, 0.5) is 14.6 Å². The first-order valence-corrected chi connectivity index (χ1v) is 30.9. The molecule has 2 unspecified atom stereocenters. The number of phenolic OH excluding ortho intramolecular Hbond substituents is 1. The average Bonchev–Trinajstić information content (AvgIpc) is 2.26. The molecule has 89 heavy (non-hydrogen) atoms. The number of carboxylic acids is 1. The molecular formula is C64H67F2N11O11S. The molecule has 1 amide bonds. The molecule has 3 aromatic heterocycles. The molecule has 8 aromatic rings. The Morgan fingerprint density at radius 3 is 2.58 bits per heavy atom. The molecule has 0 radical (unpaired) electrons. The van der Waals surface area contributed by atoms with E-state index in [2.05, 4.69) is 41.7 Å². The first-order chi connectivity index (χ1) is 42.8. The summed E-state index contributed by atoms with van der Waals surface area (Å²) >= 11 is 0. The van der Waals surface area contributed by atoms with Crippen LogP contribution in [0.2, 0.25) is 0 Å². The lowest BCUT2D eigenvalue weighted by Gasteiger charge is -2.34. The summed E-state index contributed by atoms with van der Waals surface area (Å²) in [5.74, 6) is -0.0899. The summed E-state index contributed by atoms with van der Waals surface area (Å²) in [5, 5.41) is 36.4. The summed E-state index contributed by atoms with van der Waals surface area (Å²) in [6.07, 6.45) is 9.61. The number of amides is 1. The van der Waals surface area contributed by atoms with E-state index in [4.69, 9.17) is 35.1 Å². The third-order valence-electron chi connectivity index (χ3n) is 17.5. The minimum Gasteiger partial charge on any atom is -0.508 e. The number of terminal acetylenes is 1. The molecular weight excluding hydrogens is 1170 g/mol. The quantitative estimate of drug-likeness (QED) is 0.0295. The number of aryl methyl sites for hydroxylation is 2. The molecule has 3 fully saturated rings. The van der Waals surface area contributed by atoms with E-state index in [1.54, 1.807) is 36.9 Å². The summed E-state index contributed by atoms with van der Waals surface area (Å²) in [4.78, 5) is 44.6. The zero-order valence-electron chi connectivity index (χ0n) is 49.8. The van der Waals surface area contributed by atoms with E-state index in [1.165, 1.54) is 54.0 Å². The molecule has 0 spiro atoms. The van der Waals surface area contributed by atoms with Crippen LogP contribution in [0.5, 0.6) is 29.0 Å². The molecule has 464 valence electrons. The van der Waals surface area contributed by atoms with Crippen molar-refractivity contribution in [1.29, 1.82) is 0 Å². The number of hydrogen-bond acceptors (Lipinski definition) is 18. The smallest absolute Gasteiger partial charge is 0.319 e. The van der Waals surface area contributed by atoms with Gasteiger partial charge >= 0.3 is 12.0 Å². The van der Waals surface area contributed by atoms with Gasteiger partial charge in [0.15, 0.2) is 5.82 Å². The van der Waals surface area contributed by atoms with E-state index in [9.17, 15) is 28.2 Å². The number of methoxy groups -OCH3 is 1. The van der Waals surface area contributed by atoms with Crippen molar-refractivity contribution in [2.75, 3.05) is 78.6 Å². The van der Waals surface area contributed by atoms with Gasteiger partial charge in [-0.1, -0.05) is 35.4 Å². The Hall–Kier alpha value is -8.80. The second-order valence-electron chi connectivity index (χ2n) is 23.2. The SMILES string of the molecule is C#Cc1c(F)ccc2cc(O)cc(-c3ncc4c(NC[C@H]5CC[C@H]6CN56)nc(OC[C@]5(C(=O)NCCOCCOc6ccc7c(c6)O[C@H](C)CN(Cc6cc(C(CC(=O)O)c8cc(OC)c9c(c8)nnn9C)ccc6C)S7(=O)=O)CCCN5C)nc4c3F)c12. The number of rotatable bonds is 22. The zero-order valence-corrected chi connectivity index (χ0v) is 50.6. The third kappa shape index (κ3) is 11.9. The number of aliphatic carboxylic acids is 1. The van der Waals surface area contributed by atoms with Gasteiger partial charge in [-0.2, -0.15) is 14.3 Å². The number of fused-ring (bicyclic) bond motifs is 5. The van der Waals surface area contributed by atoms with Crippen molar-refractivity contribution in [2.24, 2.45) is 7.05 Å². The lowest BCUT2D eigenvalue weighted by atomic mass is 9.86. The van der Waals surface area contributed by atoms with Crippen molar-refractivity contribution in [3.05, 3.63) is 118 Å². The topological polar surface area (TPSA) is 258 Å². The normalized spacial score (nSPS) is 20.7. The first-order valence-electron chi connectivity index (χ1n) is 29.4. The number of nitrogens with one attached hydrogen (secondary N) is 2. The van der Waals surface area contributed by atoms with Gasteiger partial charge in [-0.25, -0.2) is 21.9 Å². The van der Waals surface area contributed by atoms with Crippen molar-refractivity contribution in [1.82, 2.24) is 49.4 Å². The maximum Gasteiger partial charge on any atom is 0.319 e. The van der Waals surface area contributed by atoms with Gasteiger partial charge < -0.3 is 44.5 Å². The summed E-state index contributed by atoms with van der Waals surface area (Å²) < 4.78 is 94.2. The van der Waals surface area contributed by atoms with E-state index < -0.39 is 45.2 Å². The number of benzene rings is 5. The van der Waals surface area contributed by atoms with Gasteiger partial charge in [0.05, 0.1) is 44.2 Å². The minimum absolute atomic E-state index is 0.00664. The van der Waals surface area contributed by atoms with E-state index in [1.807, 2.05) is 37.1 Å². The minimum atomic E-state index is -4.12. The lowest BCUT2D eigenvalue weighted by Crippen LogP contribution is -2.58. The van der Waals surface area contributed by atoms with Crippen LogP contribution >= 0.6 is 0 Å². The Morgan fingerprint density at radius 2 is 1.83 bits per heavy atom. The number of halogens is 2. The van der Waals surface area contributed by atoms with E-state index in [0.29, 0.717) is 76.6 Å². The maximum atomic E-state index is 17.2. The molecule has 4 aliphatic rings. The lowest BCUT2D eigenvalue weighted by molar-refractivity contribution is -0.137. The molecule has 6 atom stereocenters. The monoisotopic (exact) mass is 1240 g/mol. The molecule has 22 nitrogen and oxygen atoms in total. The summed E-state index contributed by atoms with van der Waals surface area (Å²) in [6, 6.07) is 19.7. The van der Waals surface area contributed by atoms with Crippen LogP contribution in [-0.2, 0) is 37.9 Å². The van der Waals surface area contributed by atoms with Crippen LogP contribution in [0.25, 0.3) is 44.0 Å². The van der Waals surface area contributed by atoms with Crippen molar-refractivity contribution in [2.45, 2.75) is 87.0 Å². The van der Waals surface area contributed by atoms with Gasteiger partial charge in [-0.15, -0.1) is 11.5 Å². The Balaban J connectivity index is 0.682. The number of carbonyl (C=O) groups is 2. The number of nitrogens with zero attached hydrogens (tertiary/aromatic N) is 9. The average molecular weight is 1240 g/mol. The van der Waals surface area contributed by atoms with Gasteiger partial charge in [-0.3, -0.25) is 24.4 Å². The van der Waals surface area contributed by atoms with Crippen LogP contribution in [0, 0.1) is 30.9 Å². The molecule has 0 saturated carbocycles. The highest BCUT2D eigenvalue weighted by Crippen LogP contribution is 2.42. The highest BCUT2D eigenvalue weighted by atomic mass is 32.2. The molecule has 5 aromatic carbocycles. The van der Waals surface area contributed by atoms with Crippen LogP contribution in [0.15, 0.2) is 83.9 Å². The zero-order chi connectivity index (χ0) is 62.5. The summed E-state index contributed by atoms with van der Waals surface area (Å²) in [6.45, 7) is 6.15. The second kappa shape index (κ2) is 24.6. The number of likely N-dealkylation sites (N-methyl/N-ethyl adjacent to an activating group) is 1. The summed E-state index contributed by atoms with van der Waals surface area (Å²) in [7, 11) is 0.978. The van der Waals surface area contributed by atoms with E-state index >= 15 is 8.78 Å². The van der Waals surface area contributed by atoms with Gasteiger partial charge in [0, 0.05) is 74.4 Å². The molecule has 4 N–H and O–H groups in total. The number of likely N-dealkylation sites (tertiary alicyclic amines) is 1. The van der Waals surface area contributed by atoms with Crippen LogP contribution in [-0.4, -0.2) is 172 Å². The Morgan fingerprint density at radius 1 is 0.989 bits per heavy atom. The standard InChI is InChI=1S/C64H67F2N11O11S/c1-7-46-50(65)15-11-39-24-44(78)27-48(56(39)46)58-57(66)59-49(31-68-58)61(69-30-42-12-13-43-34-77(42)43)71-63(70-59)87-35-64(17-8-19-74(64)4)62(81)67-18-20-85-21-22-86-45-14-16-54-52(28-45)88-37(3)32-76(89(54,82)83)33-41-23-38(10-9-36(41)2)47(29-55(79)80)40-25-51-60(53(26-40)84-6)75(5)73-72-51/h1,9-11,14-16,23-28,31,37,42-43,47,78H,8,12-13,17-22,29-30,32-35H2,2-6H3,(H,67,81)(H,79,80)(H,69,70,71)/t37-,42-,43+,47?,64+,77?/m1/s1. The predicted octanol–water partition coefficient (Wildman–Crippen LogP) is 7.30. The Labute approximate surface area is 512 Å². The van der Waals surface area contributed by atoms with Crippen LogP contribution < -0.4 is 29.6 Å². The number of piperidine rings is 1. The fraction of sp³-hybridized carbons (Fsp3) is 0.391. The van der Waals surface area contributed by atoms with Gasteiger partial charge in [-0.05, 0) is 123 Å². The largest absolute Gasteiger partial charge is 0.508 e. The highest BCUT2D eigenvalue weighted by Gasteiger charge is 2.47. The van der Waals surface area contributed by atoms with Crippen LogP contribution in [0.1, 0.15) is 72.8 Å². The van der Waals surface area contributed by atoms with Crippen molar-refractivity contribution >= 4 is 60.4 Å². The number of phenols is 1.